The van der Waals surface area contributed by atoms with Crippen molar-refractivity contribution in [3.8, 4) is 17.2 Å². The van der Waals surface area contributed by atoms with Crippen LogP contribution in [0.4, 0.5) is 0 Å². The molecule has 0 aromatic heterocycles. The summed E-state index contributed by atoms with van der Waals surface area (Å²) in [5, 5.41) is 0. The van der Waals surface area contributed by atoms with Crippen LogP contribution in [0.1, 0.15) is 44.0 Å². The third-order valence-corrected chi connectivity index (χ3v) is 4.74. The molecular formula is C18H29O4P. The van der Waals surface area contributed by atoms with Crippen LogP contribution >= 0.6 is 9.24 Å². The Morgan fingerprint density at radius 1 is 1.13 bits per heavy atom. The maximum atomic E-state index is 12.9. The summed E-state index contributed by atoms with van der Waals surface area (Å²) in [6.45, 7) is 6.46. The highest BCUT2D eigenvalue weighted by molar-refractivity contribution is 7.16. The summed E-state index contributed by atoms with van der Waals surface area (Å²) in [5.74, 6) is 2.16. The standard InChI is InChI=1S/C18H29O4P/c1-12(11-23)9-18(2,3)10-14(19)17-15(21-5)7-13(20-4)8-16(17)22-6/h7-8,12H,9-11,23H2,1-6H3. The molecule has 2 atom stereocenters. The number of rotatable bonds is 9. The molecule has 0 aliphatic carbocycles. The summed E-state index contributed by atoms with van der Waals surface area (Å²) >= 11 is 0. The van der Waals surface area contributed by atoms with E-state index >= 15 is 0 Å². The molecule has 0 fully saturated rings. The van der Waals surface area contributed by atoms with Gasteiger partial charge in [-0.2, -0.15) is 0 Å². The molecule has 0 N–H and O–H groups in total. The number of ether oxygens (including phenoxy) is 3. The number of hydrogen-bond donors (Lipinski definition) is 0. The first-order chi connectivity index (χ1) is 10.8. The summed E-state index contributed by atoms with van der Waals surface area (Å²) < 4.78 is 16.0. The van der Waals surface area contributed by atoms with Crippen molar-refractivity contribution in [1.29, 1.82) is 0 Å². The van der Waals surface area contributed by atoms with E-state index in [2.05, 4.69) is 30.0 Å². The van der Waals surface area contributed by atoms with Crippen LogP contribution in [-0.4, -0.2) is 33.3 Å². The van der Waals surface area contributed by atoms with E-state index in [0.717, 1.165) is 12.6 Å². The molecule has 0 heterocycles. The average Bonchev–Trinajstić information content (AvgIpc) is 2.51. The largest absolute Gasteiger partial charge is 0.496 e. The summed E-state index contributed by atoms with van der Waals surface area (Å²) in [7, 11) is 7.44. The van der Waals surface area contributed by atoms with E-state index in [1.54, 1.807) is 33.5 Å². The molecule has 23 heavy (non-hydrogen) atoms. The Balaban J connectivity index is 3.12. The Hall–Kier alpha value is -1.28. The van der Waals surface area contributed by atoms with Crippen molar-refractivity contribution in [3.63, 3.8) is 0 Å². The van der Waals surface area contributed by atoms with Gasteiger partial charge in [-0.3, -0.25) is 4.79 Å². The zero-order valence-electron chi connectivity index (χ0n) is 15.1. The molecule has 4 nitrogen and oxygen atoms in total. The van der Waals surface area contributed by atoms with Crippen molar-refractivity contribution >= 4 is 15.0 Å². The number of methoxy groups -OCH3 is 3. The molecule has 5 heteroatoms. The van der Waals surface area contributed by atoms with Gasteiger partial charge in [-0.15, -0.1) is 9.24 Å². The van der Waals surface area contributed by atoms with Gasteiger partial charge in [0.05, 0.1) is 21.3 Å². The predicted octanol–water partition coefficient (Wildman–Crippen LogP) is 4.21. The van der Waals surface area contributed by atoms with E-state index < -0.39 is 0 Å². The van der Waals surface area contributed by atoms with Crippen molar-refractivity contribution in [2.24, 2.45) is 11.3 Å². The molecule has 0 aliphatic rings. The fraction of sp³-hybridized carbons (Fsp3) is 0.611. The summed E-state index contributed by atoms with van der Waals surface area (Å²) in [6, 6.07) is 3.43. The highest BCUT2D eigenvalue weighted by Crippen LogP contribution is 2.38. The Kier molecular flexibility index (Phi) is 7.34. The van der Waals surface area contributed by atoms with Crippen LogP contribution < -0.4 is 14.2 Å². The van der Waals surface area contributed by atoms with Gasteiger partial charge in [0.25, 0.3) is 0 Å². The number of hydrogen-bond acceptors (Lipinski definition) is 4. The fourth-order valence-corrected chi connectivity index (χ4v) is 3.07. The SMILES string of the molecule is COc1cc(OC)c(C(=O)CC(C)(C)CC(C)CP)c(OC)c1. The molecule has 2 unspecified atom stereocenters. The van der Waals surface area contributed by atoms with Crippen LogP contribution in [0.3, 0.4) is 0 Å². The lowest BCUT2D eigenvalue weighted by atomic mass is 9.78. The predicted molar refractivity (Wildman–Crippen MR) is 97.2 cm³/mol. The van der Waals surface area contributed by atoms with Gasteiger partial charge in [-0.05, 0) is 23.9 Å². The lowest BCUT2D eigenvalue weighted by molar-refractivity contribution is 0.0911. The van der Waals surface area contributed by atoms with E-state index in [4.69, 9.17) is 14.2 Å². The van der Waals surface area contributed by atoms with Crippen LogP contribution in [0.25, 0.3) is 0 Å². The monoisotopic (exact) mass is 340 g/mol. The van der Waals surface area contributed by atoms with Crippen LogP contribution in [0.15, 0.2) is 12.1 Å². The quantitative estimate of drug-likeness (QED) is 0.499. The van der Waals surface area contributed by atoms with Crippen LogP contribution in [-0.2, 0) is 0 Å². The van der Waals surface area contributed by atoms with Gasteiger partial charge in [-0.1, -0.05) is 20.8 Å². The molecule has 0 saturated carbocycles. The molecule has 0 radical (unpaired) electrons. The van der Waals surface area contributed by atoms with Gasteiger partial charge in [0.2, 0.25) is 0 Å². The van der Waals surface area contributed by atoms with Crippen molar-refractivity contribution in [2.45, 2.75) is 33.6 Å². The van der Waals surface area contributed by atoms with Gasteiger partial charge < -0.3 is 14.2 Å². The Bertz CT molecular complexity index is 515. The van der Waals surface area contributed by atoms with E-state index in [1.807, 2.05) is 0 Å². The highest BCUT2D eigenvalue weighted by Gasteiger charge is 2.28. The maximum absolute atomic E-state index is 12.9. The molecule has 0 amide bonds. The highest BCUT2D eigenvalue weighted by atomic mass is 31.0. The third kappa shape index (κ3) is 5.39. The summed E-state index contributed by atoms with van der Waals surface area (Å²) in [5.41, 5.74) is 0.408. The second-order valence-electron chi connectivity index (χ2n) is 6.72. The smallest absolute Gasteiger partial charge is 0.170 e. The Morgan fingerprint density at radius 2 is 1.65 bits per heavy atom. The van der Waals surface area contributed by atoms with E-state index in [9.17, 15) is 4.79 Å². The number of Topliss-reactive ketones (excluding diaryl/α,β-unsaturated/α-hetero) is 1. The number of ketones is 1. The first-order valence-electron chi connectivity index (χ1n) is 7.81. The van der Waals surface area contributed by atoms with Crippen LogP contribution in [0, 0.1) is 11.3 Å². The first-order valence-corrected chi connectivity index (χ1v) is 8.63. The van der Waals surface area contributed by atoms with Gasteiger partial charge in [0, 0.05) is 18.6 Å². The zero-order valence-corrected chi connectivity index (χ0v) is 16.2. The Morgan fingerprint density at radius 3 is 2.04 bits per heavy atom. The molecule has 130 valence electrons. The molecule has 1 aromatic rings. The van der Waals surface area contributed by atoms with Crippen molar-refractivity contribution in [1.82, 2.24) is 0 Å². The van der Waals surface area contributed by atoms with Crippen LogP contribution in [0.5, 0.6) is 17.2 Å². The molecule has 1 rings (SSSR count). The number of carbonyl (C=O) groups is 1. The van der Waals surface area contributed by atoms with Crippen LogP contribution in [0.2, 0.25) is 0 Å². The van der Waals surface area contributed by atoms with E-state index in [0.29, 0.717) is 35.2 Å². The second-order valence-corrected chi connectivity index (χ2v) is 7.19. The van der Waals surface area contributed by atoms with E-state index in [1.165, 1.54) is 0 Å². The second kappa shape index (κ2) is 8.54. The van der Waals surface area contributed by atoms with E-state index in [-0.39, 0.29) is 11.2 Å². The van der Waals surface area contributed by atoms with Crippen molar-refractivity contribution < 1.29 is 19.0 Å². The maximum Gasteiger partial charge on any atom is 0.170 e. The lowest BCUT2D eigenvalue weighted by Crippen LogP contribution is -2.21. The minimum atomic E-state index is -0.0803. The lowest BCUT2D eigenvalue weighted by Gasteiger charge is -2.27. The molecular weight excluding hydrogens is 311 g/mol. The minimum absolute atomic E-state index is 0.0299. The van der Waals surface area contributed by atoms with Gasteiger partial charge in [0.1, 0.15) is 22.8 Å². The zero-order chi connectivity index (χ0) is 17.6. The normalized spacial score (nSPS) is 12.7. The van der Waals surface area contributed by atoms with Crippen molar-refractivity contribution in [3.05, 3.63) is 17.7 Å². The first kappa shape index (κ1) is 19.8. The number of benzene rings is 1. The Labute approximate surface area is 142 Å². The number of carbonyl (C=O) groups excluding carboxylic acids is 1. The van der Waals surface area contributed by atoms with Gasteiger partial charge in [-0.25, -0.2) is 0 Å². The average molecular weight is 340 g/mol. The summed E-state index contributed by atoms with van der Waals surface area (Å²) in [4.78, 5) is 12.9. The molecule has 1 aromatic carbocycles. The molecule has 0 bridgehead atoms. The summed E-state index contributed by atoms with van der Waals surface area (Å²) in [6.07, 6.45) is 2.47. The van der Waals surface area contributed by atoms with Crippen molar-refractivity contribution in [2.75, 3.05) is 27.5 Å². The topological polar surface area (TPSA) is 44.8 Å². The molecule has 0 aliphatic heterocycles. The third-order valence-electron chi connectivity index (χ3n) is 3.94. The van der Waals surface area contributed by atoms with Gasteiger partial charge >= 0.3 is 0 Å². The minimum Gasteiger partial charge on any atom is -0.496 e. The fourth-order valence-electron chi connectivity index (χ4n) is 2.90. The molecule has 0 spiro atoms. The van der Waals surface area contributed by atoms with Gasteiger partial charge in [0.15, 0.2) is 5.78 Å². The molecule has 0 saturated heterocycles.